The summed E-state index contributed by atoms with van der Waals surface area (Å²) in [6, 6.07) is 4.95. The van der Waals surface area contributed by atoms with Gasteiger partial charge < -0.3 is 18.7 Å². The highest BCUT2D eigenvalue weighted by atomic mass is 35.5. The van der Waals surface area contributed by atoms with Crippen LogP contribution in [0.4, 0.5) is 0 Å². The van der Waals surface area contributed by atoms with Crippen LogP contribution in [0, 0.1) is 0 Å². The fraction of sp³-hybridized carbons (Fsp3) is 0.438. The van der Waals surface area contributed by atoms with Crippen LogP contribution < -0.4 is 5.56 Å². The number of benzene rings is 1. The molecule has 0 radical (unpaired) electrons. The summed E-state index contributed by atoms with van der Waals surface area (Å²) >= 11 is 6.02. The number of fused-ring (bicyclic) bond motifs is 1. The predicted molar refractivity (Wildman–Crippen MR) is 103 cm³/mol. The van der Waals surface area contributed by atoms with E-state index in [2.05, 4.69) is 0 Å². The molecule has 2 aromatic rings. The molecule has 0 aliphatic rings. The van der Waals surface area contributed by atoms with E-state index in [-0.39, 0.29) is 34.9 Å². The second-order valence-corrected chi connectivity index (χ2v) is 10.3. The number of aryl methyl sites for hydroxylation is 1. The Morgan fingerprint density at radius 2 is 1.88 bits per heavy atom. The molecule has 0 saturated heterocycles. The predicted octanol–water partition coefficient (Wildman–Crippen LogP) is 3.73. The van der Waals surface area contributed by atoms with Gasteiger partial charge >= 0.3 is 13.2 Å². The Morgan fingerprint density at radius 3 is 2.44 bits per heavy atom. The molecule has 1 atom stereocenters. The van der Waals surface area contributed by atoms with Crippen molar-refractivity contribution in [3.63, 3.8) is 0 Å². The monoisotopic (exact) mass is 406 g/mol. The van der Waals surface area contributed by atoms with Crippen LogP contribution in [0.15, 0.2) is 27.9 Å². The van der Waals surface area contributed by atoms with E-state index < -0.39 is 18.5 Å². The molecule has 0 bridgehead atoms. The molecular formula is C16H22ClNO5PS+. The van der Waals surface area contributed by atoms with Gasteiger partial charge in [-0.15, -0.1) is 0 Å². The molecule has 0 spiro atoms. The molecule has 2 rings (SSSR count). The first-order chi connectivity index (χ1) is 11.7. The van der Waals surface area contributed by atoms with Gasteiger partial charge in [-0.3, -0.25) is 9.36 Å². The maximum Gasteiger partial charge on any atom is 0.379 e. The van der Waals surface area contributed by atoms with Crippen molar-refractivity contribution in [2.24, 2.45) is 7.05 Å². The lowest BCUT2D eigenvalue weighted by molar-refractivity contribution is 0.224. The smallest absolute Gasteiger partial charge is 0.379 e. The van der Waals surface area contributed by atoms with E-state index in [1.807, 2.05) is 0 Å². The first-order valence-electron chi connectivity index (χ1n) is 7.76. The summed E-state index contributed by atoms with van der Waals surface area (Å²) in [4.78, 5) is 12.9. The average Bonchev–Trinajstić information content (AvgIpc) is 2.53. The molecule has 0 aliphatic carbocycles. The standard InChI is InChI=1S/C16H21ClNO5PS/c1-5-22-24(21,23-6-2)10-25(4)15-14(19)12-9-11(17)7-8-13(12)18(3)16(15)20/h7-9H,5-6,10H2,1-4H3/p+1. The average molecular weight is 407 g/mol. The van der Waals surface area contributed by atoms with Crippen LogP contribution in [-0.4, -0.2) is 34.6 Å². The maximum absolute atomic E-state index is 12.8. The Labute approximate surface area is 154 Å². The van der Waals surface area contributed by atoms with E-state index in [9.17, 15) is 14.5 Å². The number of nitrogens with zero attached hydrogens (tertiary/aromatic N) is 1. The van der Waals surface area contributed by atoms with Crippen LogP contribution in [0.3, 0.4) is 0 Å². The van der Waals surface area contributed by atoms with Gasteiger partial charge in [0.05, 0.1) is 18.7 Å². The number of hydrogen-bond donors (Lipinski definition) is 1. The topological polar surface area (TPSA) is 77.8 Å². The van der Waals surface area contributed by atoms with Gasteiger partial charge in [0.2, 0.25) is 5.49 Å². The normalized spacial score (nSPS) is 13.3. The number of hydrogen-bond acceptors (Lipinski definition) is 5. The number of aromatic nitrogens is 1. The van der Waals surface area contributed by atoms with Gasteiger partial charge in [0.1, 0.15) is 6.26 Å². The number of aromatic hydroxyl groups is 1. The van der Waals surface area contributed by atoms with Crippen molar-refractivity contribution in [3.8, 4) is 5.75 Å². The van der Waals surface area contributed by atoms with Crippen molar-refractivity contribution >= 4 is 41.0 Å². The Bertz CT molecular complexity index is 875. The van der Waals surface area contributed by atoms with Crippen molar-refractivity contribution in [2.45, 2.75) is 18.7 Å². The van der Waals surface area contributed by atoms with Crippen LogP contribution in [0.2, 0.25) is 5.02 Å². The summed E-state index contributed by atoms with van der Waals surface area (Å²) in [6.07, 6.45) is 1.75. The molecule has 1 N–H and O–H groups in total. The minimum Gasteiger partial charge on any atom is -0.503 e. The molecule has 1 unspecified atom stereocenters. The third kappa shape index (κ3) is 4.23. The number of rotatable bonds is 7. The first kappa shape index (κ1) is 20.3. The van der Waals surface area contributed by atoms with Crippen LogP contribution in [0.25, 0.3) is 10.9 Å². The van der Waals surface area contributed by atoms with Gasteiger partial charge in [-0.25, -0.2) is 0 Å². The summed E-state index contributed by atoms with van der Waals surface area (Å²) < 4.78 is 24.8. The zero-order valence-corrected chi connectivity index (χ0v) is 17.1. The van der Waals surface area contributed by atoms with Gasteiger partial charge in [0.15, 0.2) is 5.75 Å². The van der Waals surface area contributed by atoms with Crippen molar-refractivity contribution in [1.29, 1.82) is 0 Å². The molecule has 1 heterocycles. The fourth-order valence-electron chi connectivity index (χ4n) is 2.60. The lowest BCUT2D eigenvalue weighted by atomic mass is 10.2. The van der Waals surface area contributed by atoms with E-state index >= 15 is 0 Å². The van der Waals surface area contributed by atoms with E-state index in [0.717, 1.165) is 0 Å². The molecule has 25 heavy (non-hydrogen) atoms. The summed E-state index contributed by atoms with van der Waals surface area (Å²) in [5.74, 6) is -0.133. The van der Waals surface area contributed by atoms with Crippen LogP contribution in [0.5, 0.6) is 5.75 Å². The Morgan fingerprint density at radius 1 is 1.28 bits per heavy atom. The second kappa shape index (κ2) is 8.14. The quantitative estimate of drug-likeness (QED) is 0.560. The highest BCUT2D eigenvalue weighted by molar-refractivity contribution is 8.01. The van der Waals surface area contributed by atoms with E-state index in [0.29, 0.717) is 15.9 Å². The minimum atomic E-state index is -3.34. The number of pyridine rings is 1. The summed E-state index contributed by atoms with van der Waals surface area (Å²) in [7, 11) is -2.55. The molecule has 0 aliphatic heterocycles. The second-order valence-electron chi connectivity index (χ2n) is 5.42. The molecule has 1 aromatic heterocycles. The summed E-state index contributed by atoms with van der Waals surface area (Å²) in [5, 5.41) is 11.6. The lowest BCUT2D eigenvalue weighted by Crippen LogP contribution is -2.26. The van der Waals surface area contributed by atoms with Crippen molar-refractivity contribution in [3.05, 3.63) is 33.6 Å². The van der Waals surface area contributed by atoms with E-state index in [1.165, 1.54) is 4.57 Å². The van der Waals surface area contributed by atoms with Crippen molar-refractivity contribution in [1.82, 2.24) is 4.57 Å². The number of halogens is 1. The fourth-order valence-corrected chi connectivity index (χ4v) is 7.52. The molecular weight excluding hydrogens is 385 g/mol. The molecule has 9 heteroatoms. The SMILES string of the molecule is CCOP(=O)(C[S+](C)c1c(O)c2cc(Cl)ccc2n(C)c1=O)OCC. The Hall–Kier alpha value is -0.980. The van der Waals surface area contributed by atoms with E-state index in [4.69, 9.17) is 20.6 Å². The molecule has 0 amide bonds. The Kier molecular flexibility index (Phi) is 6.62. The molecule has 138 valence electrons. The van der Waals surface area contributed by atoms with Crippen LogP contribution in [0.1, 0.15) is 13.8 Å². The van der Waals surface area contributed by atoms with Gasteiger partial charge in [0.25, 0.3) is 4.90 Å². The van der Waals surface area contributed by atoms with Gasteiger partial charge in [0, 0.05) is 28.4 Å². The zero-order valence-electron chi connectivity index (χ0n) is 14.6. The largest absolute Gasteiger partial charge is 0.503 e. The molecule has 0 fully saturated rings. The third-order valence-corrected chi connectivity index (χ3v) is 9.06. The highest BCUT2D eigenvalue weighted by Crippen LogP contribution is 2.50. The van der Waals surface area contributed by atoms with Gasteiger partial charge in [-0.1, -0.05) is 11.6 Å². The minimum absolute atomic E-state index is 0.0313. The zero-order chi connectivity index (χ0) is 18.8. The van der Waals surface area contributed by atoms with Gasteiger partial charge in [-0.2, -0.15) is 0 Å². The van der Waals surface area contributed by atoms with Crippen LogP contribution >= 0.6 is 19.2 Å². The Balaban J connectivity index is 2.56. The van der Waals surface area contributed by atoms with E-state index in [1.54, 1.807) is 45.4 Å². The van der Waals surface area contributed by atoms with Crippen LogP contribution in [-0.2, 0) is 31.6 Å². The van der Waals surface area contributed by atoms with Crippen molar-refractivity contribution in [2.75, 3.05) is 25.0 Å². The molecule has 1 aromatic carbocycles. The lowest BCUT2D eigenvalue weighted by Gasteiger charge is -2.16. The molecule has 0 saturated carbocycles. The summed E-state index contributed by atoms with van der Waals surface area (Å²) in [5.41, 5.74) is 0.270. The summed E-state index contributed by atoms with van der Waals surface area (Å²) in [6.45, 7) is 3.94. The first-order valence-corrected chi connectivity index (χ1v) is 11.7. The van der Waals surface area contributed by atoms with Crippen molar-refractivity contribution < 1.29 is 18.7 Å². The third-order valence-electron chi connectivity index (χ3n) is 3.64. The maximum atomic E-state index is 12.8. The highest BCUT2D eigenvalue weighted by Gasteiger charge is 2.38. The van der Waals surface area contributed by atoms with Gasteiger partial charge in [-0.05, 0) is 32.0 Å². The molecule has 6 nitrogen and oxygen atoms in total.